The Hall–Kier alpha value is -2.31. The molecule has 0 saturated carbocycles. The van der Waals surface area contributed by atoms with Crippen LogP contribution in [0.2, 0.25) is 0 Å². The van der Waals surface area contributed by atoms with Crippen molar-refractivity contribution in [2.75, 3.05) is 0 Å². The summed E-state index contributed by atoms with van der Waals surface area (Å²) in [5, 5.41) is 4.42. The number of benzene rings is 2. The van der Waals surface area contributed by atoms with Crippen LogP contribution in [-0.4, -0.2) is 23.3 Å². The molecule has 5 nitrogen and oxygen atoms in total. The molecule has 0 saturated heterocycles. The first-order chi connectivity index (χ1) is 11.4. The van der Waals surface area contributed by atoms with Gasteiger partial charge in [-0.2, -0.15) is 18.4 Å². The zero-order valence-electron chi connectivity index (χ0n) is 12.1. The van der Waals surface area contributed by atoms with E-state index in [1.54, 1.807) is 42.5 Å². The molecule has 24 heavy (non-hydrogen) atoms. The molecule has 0 bridgehead atoms. The number of hydrogen-bond acceptors (Lipinski definition) is 6. The maximum absolute atomic E-state index is 11.5. The molecule has 1 N–H and O–H groups in total. The zero-order chi connectivity index (χ0) is 17.6. The van der Waals surface area contributed by atoms with Gasteiger partial charge in [0, 0.05) is 0 Å². The van der Waals surface area contributed by atoms with Gasteiger partial charge < -0.3 is 0 Å². The predicted molar refractivity (Wildman–Crippen MR) is 101 cm³/mol. The number of hydrogen-bond donors (Lipinski definition) is 1. The summed E-state index contributed by atoms with van der Waals surface area (Å²) in [4.78, 5) is 7.29. The van der Waals surface area contributed by atoms with E-state index < -0.39 is 10.1 Å². The van der Waals surface area contributed by atoms with Crippen LogP contribution in [0.3, 0.4) is 0 Å². The lowest BCUT2D eigenvalue weighted by molar-refractivity contribution is 0.483. The van der Waals surface area contributed by atoms with Crippen molar-refractivity contribution in [3.05, 3.63) is 53.6 Å². The Morgan fingerprint density at radius 1 is 0.917 bits per heavy atom. The quantitative estimate of drug-likeness (QED) is 0.359. The van der Waals surface area contributed by atoms with Crippen LogP contribution in [0.5, 0.6) is 0 Å². The van der Waals surface area contributed by atoms with Gasteiger partial charge in [0.15, 0.2) is 0 Å². The van der Waals surface area contributed by atoms with Crippen molar-refractivity contribution in [1.29, 1.82) is 0 Å². The first kappa shape index (κ1) is 18.0. The molecule has 2 rings (SSSR count). The van der Waals surface area contributed by atoms with E-state index in [1.807, 2.05) is 0 Å². The highest BCUT2D eigenvalue weighted by Gasteiger charge is 2.14. The highest BCUT2D eigenvalue weighted by Crippen LogP contribution is 2.24. The van der Waals surface area contributed by atoms with Gasteiger partial charge in [-0.05, 0) is 59.8 Å². The molecule has 0 aliphatic rings. The van der Waals surface area contributed by atoms with Crippen LogP contribution in [-0.2, 0) is 10.1 Å². The lowest BCUT2D eigenvalue weighted by Gasteiger charge is -2.04. The molecule has 0 amide bonds. The van der Waals surface area contributed by atoms with Gasteiger partial charge >= 0.3 is 0 Å². The van der Waals surface area contributed by atoms with E-state index >= 15 is 0 Å². The molecule has 0 aliphatic heterocycles. The number of thiocarbonyl (C=S) groups is 2. The molecule has 2 aromatic carbocycles. The zero-order valence-corrected chi connectivity index (χ0v) is 14.5. The minimum Gasteiger partial charge on any atom is -0.282 e. The SMILES string of the molecule is O=S(=O)(O)c1cc(N=C=S)ccc1/C=C/c1ccc(N=C=S)cc1. The van der Waals surface area contributed by atoms with Gasteiger partial charge in [0.2, 0.25) is 0 Å². The Kier molecular flexibility index (Phi) is 6.00. The van der Waals surface area contributed by atoms with Gasteiger partial charge in [0.1, 0.15) is 4.90 Å². The number of nitrogens with zero attached hydrogens (tertiary/aromatic N) is 2. The molecular weight excluding hydrogens is 364 g/mol. The molecule has 0 unspecified atom stereocenters. The Balaban J connectivity index is 2.41. The van der Waals surface area contributed by atoms with Crippen molar-refractivity contribution in [2.45, 2.75) is 4.90 Å². The molecule has 0 heterocycles. The second-order valence-corrected chi connectivity index (χ2v) is 6.28. The topological polar surface area (TPSA) is 79.1 Å². The lowest BCUT2D eigenvalue weighted by atomic mass is 10.1. The third kappa shape index (κ3) is 4.84. The van der Waals surface area contributed by atoms with Crippen LogP contribution >= 0.6 is 24.4 Å². The van der Waals surface area contributed by atoms with E-state index in [0.717, 1.165) is 5.56 Å². The summed E-state index contributed by atoms with van der Waals surface area (Å²) >= 11 is 9.02. The van der Waals surface area contributed by atoms with Crippen LogP contribution in [0.4, 0.5) is 11.4 Å². The molecule has 120 valence electrons. The number of isothiocyanates is 2. The number of aliphatic imine (C=N–C) groups is 2. The average Bonchev–Trinajstić information content (AvgIpc) is 2.54. The predicted octanol–water partition coefficient (Wildman–Crippen LogP) is 4.57. The van der Waals surface area contributed by atoms with Crippen molar-refractivity contribution in [1.82, 2.24) is 0 Å². The molecular formula is C16H10N2O3S3. The van der Waals surface area contributed by atoms with Gasteiger partial charge in [-0.3, -0.25) is 4.55 Å². The van der Waals surface area contributed by atoms with Crippen molar-refractivity contribution in [2.24, 2.45) is 9.98 Å². The fourth-order valence-corrected chi connectivity index (χ4v) is 2.82. The molecule has 0 aliphatic carbocycles. The normalized spacial score (nSPS) is 10.9. The van der Waals surface area contributed by atoms with Crippen LogP contribution in [0.25, 0.3) is 12.2 Å². The van der Waals surface area contributed by atoms with Gasteiger partial charge in [-0.15, -0.1) is 0 Å². The molecule has 8 heteroatoms. The minimum absolute atomic E-state index is 0.257. The Morgan fingerprint density at radius 3 is 2.08 bits per heavy atom. The lowest BCUT2D eigenvalue weighted by Crippen LogP contribution is -2.00. The van der Waals surface area contributed by atoms with Crippen molar-refractivity contribution >= 4 is 68.4 Å². The van der Waals surface area contributed by atoms with Crippen molar-refractivity contribution < 1.29 is 13.0 Å². The maximum Gasteiger partial charge on any atom is 0.295 e. The van der Waals surface area contributed by atoms with Crippen LogP contribution in [0.1, 0.15) is 11.1 Å². The van der Waals surface area contributed by atoms with Crippen LogP contribution in [0, 0.1) is 0 Å². The second kappa shape index (κ2) is 7.99. The molecule has 0 atom stereocenters. The molecule has 0 radical (unpaired) electrons. The van der Waals surface area contributed by atoms with E-state index in [0.29, 0.717) is 11.3 Å². The smallest absolute Gasteiger partial charge is 0.282 e. The van der Waals surface area contributed by atoms with Gasteiger partial charge in [0.05, 0.1) is 21.7 Å². The summed E-state index contributed by atoms with van der Waals surface area (Å²) in [5.41, 5.74) is 2.10. The largest absolute Gasteiger partial charge is 0.295 e. The highest BCUT2D eigenvalue weighted by molar-refractivity contribution is 7.86. The summed E-state index contributed by atoms with van der Waals surface area (Å²) in [6.07, 6.45) is 3.28. The maximum atomic E-state index is 11.5. The summed E-state index contributed by atoms with van der Waals surface area (Å²) in [6.45, 7) is 0. The Bertz CT molecular complexity index is 984. The standard InChI is InChI=1S/C16H10N2O3S3/c19-24(20,21)16-9-15(18-11-23)8-5-13(16)4-1-12-2-6-14(7-3-12)17-10-22/h1-9H,(H,19,20,21)/b4-1+. The molecule has 0 fully saturated rings. The van der Waals surface area contributed by atoms with Gasteiger partial charge in [0.25, 0.3) is 10.1 Å². The summed E-state index contributed by atoms with van der Waals surface area (Å²) in [5.74, 6) is 0. The van der Waals surface area contributed by atoms with E-state index in [-0.39, 0.29) is 10.6 Å². The van der Waals surface area contributed by atoms with E-state index in [1.165, 1.54) is 12.1 Å². The highest BCUT2D eigenvalue weighted by atomic mass is 32.2. The van der Waals surface area contributed by atoms with Crippen LogP contribution < -0.4 is 0 Å². The first-order valence-corrected chi connectivity index (χ1v) is 8.75. The first-order valence-electron chi connectivity index (χ1n) is 6.49. The van der Waals surface area contributed by atoms with Crippen LogP contribution in [0.15, 0.2) is 57.3 Å². The third-order valence-corrected chi connectivity index (χ3v) is 4.06. The summed E-state index contributed by atoms with van der Waals surface area (Å²) < 4.78 is 32.5. The minimum atomic E-state index is -4.40. The molecule has 2 aromatic rings. The fourth-order valence-electron chi connectivity index (χ4n) is 1.91. The van der Waals surface area contributed by atoms with E-state index in [2.05, 4.69) is 44.7 Å². The molecule has 0 aromatic heterocycles. The average molecular weight is 374 g/mol. The monoisotopic (exact) mass is 374 g/mol. The Morgan fingerprint density at radius 2 is 1.50 bits per heavy atom. The second-order valence-electron chi connectivity index (χ2n) is 4.53. The third-order valence-electron chi connectivity index (χ3n) is 2.97. The summed E-state index contributed by atoms with van der Waals surface area (Å²) in [6, 6.07) is 11.4. The fraction of sp³-hybridized carbons (Fsp3) is 0. The van der Waals surface area contributed by atoms with Crippen molar-refractivity contribution in [3.8, 4) is 0 Å². The van der Waals surface area contributed by atoms with Gasteiger partial charge in [-0.1, -0.05) is 30.4 Å². The van der Waals surface area contributed by atoms with Gasteiger partial charge in [-0.25, -0.2) is 0 Å². The molecule has 0 spiro atoms. The van der Waals surface area contributed by atoms with E-state index in [4.69, 9.17) is 0 Å². The van der Waals surface area contributed by atoms with Crippen molar-refractivity contribution in [3.63, 3.8) is 0 Å². The summed E-state index contributed by atoms with van der Waals surface area (Å²) in [7, 11) is -4.40. The Labute approximate surface area is 149 Å². The van der Waals surface area contributed by atoms with E-state index in [9.17, 15) is 13.0 Å². The number of rotatable bonds is 5.